The molecule has 0 aromatic rings. The highest BCUT2D eigenvalue weighted by atomic mass is 32.2. The maximum atomic E-state index is 2.80. The molecule has 2 heterocycles. The molecule has 0 amide bonds. The van der Waals surface area contributed by atoms with E-state index in [1.54, 1.807) is 0 Å². The van der Waals surface area contributed by atoms with E-state index in [0.29, 0.717) is 4.75 Å². The predicted molar refractivity (Wildman–Crippen MR) is 80.4 cm³/mol. The second kappa shape index (κ2) is 5.72. The Morgan fingerprint density at radius 3 is 2.61 bits per heavy atom. The van der Waals surface area contributed by atoms with Gasteiger partial charge in [0.1, 0.15) is 0 Å². The molecule has 18 heavy (non-hydrogen) atoms. The monoisotopic (exact) mass is 268 g/mol. The van der Waals surface area contributed by atoms with Crippen LogP contribution >= 0.6 is 11.8 Å². The number of piperidine rings is 1. The number of fused-ring (bicyclic) bond motifs is 1. The van der Waals surface area contributed by atoms with Crippen molar-refractivity contribution in [2.24, 2.45) is 0 Å². The molecule has 0 bridgehead atoms. The van der Waals surface area contributed by atoms with E-state index in [-0.39, 0.29) is 0 Å². The molecule has 3 rings (SSSR count). The first-order valence-electron chi connectivity index (χ1n) is 7.83. The Labute approximate surface area is 116 Å². The molecule has 0 N–H and O–H groups in total. The minimum Gasteiger partial charge on any atom is -0.300 e. The van der Waals surface area contributed by atoms with E-state index in [2.05, 4.69) is 27.8 Å². The quantitative estimate of drug-likeness (QED) is 0.777. The SMILES string of the molecule is CSC1(CN2CCCN3CCCCC3C2)CCC1. The van der Waals surface area contributed by atoms with Crippen molar-refractivity contribution in [1.29, 1.82) is 0 Å². The van der Waals surface area contributed by atoms with Crippen molar-refractivity contribution in [1.82, 2.24) is 9.80 Å². The van der Waals surface area contributed by atoms with Crippen LogP contribution in [0.1, 0.15) is 44.9 Å². The number of hydrogen-bond donors (Lipinski definition) is 0. The summed E-state index contributed by atoms with van der Waals surface area (Å²) in [7, 11) is 0. The molecular weight excluding hydrogens is 240 g/mol. The van der Waals surface area contributed by atoms with Crippen LogP contribution in [0.15, 0.2) is 0 Å². The lowest BCUT2D eigenvalue weighted by Gasteiger charge is -2.44. The summed E-state index contributed by atoms with van der Waals surface area (Å²) in [6.45, 7) is 6.77. The van der Waals surface area contributed by atoms with E-state index in [9.17, 15) is 0 Å². The molecule has 1 unspecified atom stereocenters. The van der Waals surface area contributed by atoms with E-state index >= 15 is 0 Å². The van der Waals surface area contributed by atoms with Gasteiger partial charge in [0.2, 0.25) is 0 Å². The normalized spacial score (nSPS) is 33.5. The zero-order chi connectivity index (χ0) is 12.4. The van der Waals surface area contributed by atoms with Crippen LogP contribution in [-0.2, 0) is 0 Å². The lowest BCUT2D eigenvalue weighted by molar-refractivity contribution is 0.126. The van der Waals surface area contributed by atoms with Gasteiger partial charge in [0.15, 0.2) is 0 Å². The van der Waals surface area contributed by atoms with Crippen LogP contribution in [0, 0.1) is 0 Å². The first kappa shape index (κ1) is 13.3. The molecule has 0 radical (unpaired) electrons. The second-order valence-electron chi connectivity index (χ2n) is 6.51. The third kappa shape index (κ3) is 2.73. The molecule has 0 aromatic carbocycles. The minimum atomic E-state index is 0.629. The molecule has 1 aliphatic carbocycles. The van der Waals surface area contributed by atoms with Crippen LogP contribution < -0.4 is 0 Å². The van der Waals surface area contributed by atoms with Crippen LogP contribution in [0.5, 0.6) is 0 Å². The summed E-state index contributed by atoms with van der Waals surface area (Å²) < 4.78 is 0.629. The Balaban J connectivity index is 1.59. The molecular formula is C15H28N2S. The second-order valence-corrected chi connectivity index (χ2v) is 7.79. The maximum absolute atomic E-state index is 2.80. The fourth-order valence-electron chi connectivity index (χ4n) is 4.00. The molecule has 1 atom stereocenters. The summed E-state index contributed by atoms with van der Waals surface area (Å²) in [4.78, 5) is 5.57. The molecule has 1 saturated carbocycles. The summed E-state index contributed by atoms with van der Waals surface area (Å²) in [5, 5.41) is 0. The van der Waals surface area contributed by atoms with E-state index < -0.39 is 0 Å². The summed E-state index contributed by atoms with van der Waals surface area (Å²) in [5.74, 6) is 0. The first-order valence-corrected chi connectivity index (χ1v) is 9.05. The van der Waals surface area contributed by atoms with Crippen LogP contribution in [-0.4, -0.2) is 59.6 Å². The Bertz CT molecular complexity index is 272. The van der Waals surface area contributed by atoms with Crippen LogP contribution in [0.4, 0.5) is 0 Å². The van der Waals surface area contributed by atoms with Gasteiger partial charge < -0.3 is 4.90 Å². The van der Waals surface area contributed by atoms with Gasteiger partial charge >= 0.3 is 0 Å². The summed E-state index contributed by atoms with van der Waals surface area (Å²) in [6, 6.07) is 0.875. The largest absolute Gasteiger partial charge is 0.300 e. The lowest BCUT2D eigenvalue weighted by Crippen LogP contribution is -2.49. The van der Waals surface area contributed by atoms with Gasteiger partial charge in [-0.3, -0.25) is 4.90 Å². The summed E-state index contributed by atoms with van der Waals surface area (Å²) >= 11 is 2.13. The number of rotatable bonds is 3. The Kier molecular flexibility index (Phi) is 4.21. The van der Waals surface area contributed by atoms with E-state index in [4.69, 9.17) is 0 Å². The standard InChI is InChI=1S/C15H28N2S/c1-18-15(7-4-8-15)13-16-9-5-11-17-10-3-2-6-14(17)12-16/h14H,2-13H2,1H3. The summed E-state index contributed by atoms with van der Waals surface area (Å²) in [5.41, 5.74) is 0. The zero-order valence-corrected chi connectivity index (χ0v) is 12.7. The van der Waals surface area contributed by atoms with Crippen LogP contribution in [0.2, 0.25) is 0 Å². The van der Waals surface area contributed by atoms with Gasteiger partial charge in [-0.2, -0.15) is 11.8 Å². The van der Waals surface area contributed by atoms with Crippen molar-refractivity contribution in [3.05, 3.63) is 0 Å². The molecule has 2 aliphatic heterocycles. The molecule has 3 heteroatoms. The average Bonchev–Trinajstić information content (AvgIpc) is 2.55. The predicted octanol–water partition coefficient (Wildman–Crippen LogP) is 2.83. The minimum absolute atomic E-state index is 0.629. The topological polar surface area (TPSA) is 6.48 Å². The Morgan fingerprint density at radius 2 is 1.89 bits per heavy atom. The van der Waals surface area contributed by atoms with E-state index in [0.717, 1.165) is 6.04 Å². The first-order chi connectivity index (χ1) is 8.81. The number of thioether (sulfide) groups is 1. The average molecular weight is 268 g/mol. The van der Waals surface area contributed by atoms with E-state index in [1.807, 2.05) is 0 Å². The van der Waals surface area contributed by atoms with Gasteiger partial charge in [-0.05, 0) is 58.0 Å². The Morgan fingerprint density at radius 1 is 1.06 bits per heavy atom. The van der Waals surface area contributed by atoms with E-state index in [1.165, 1.54) is 77.7 Å². The third-order valence-electron chi connectivity index (χ3n) is 5.35. The smallest absolute Gasteiger partial charge is 0.0284 e. The van der Waals surface area contributed by atoms with Crippen molar-refractivity contribution in [2.75, 3.05) is 39.0 Å². The highest BCUT2D eigenvalue weighted by Crippen LogP contribution is 2.43. The molecule has 2 nitrogen and oxygen atoms in total. The van der Waals surface area contributed by atoms with Crippen LogP contribution in [0.3, 0.4) is 0 Å². The van der Waals surface area contributed by atoms with Crippen molar-refractivity contribution >= 4 is 11.8 Å². The molecule has 0 spiro atoms. The highest BCUT2D eigenvalue weighted by molar-refractivity contribution is 8.00. The van der Waals surface area contributed by atoms with Crippen molar-refractivity contribution in [3.63, 3.8) is 0 Å². The molecule has 0 aromatic heterocycles. The molecule has 2 saturated heterocycles. The van der Waals surface area contributed by atoms with Gasteiger partial charge in [0, 0.05) is 23.9 Å². The van der Waals surface area contributed by atoms with Crippen LogP contribution in [0.25, 0.3) is 0 Å². The fraction of sp³-hybridized carbons (Fsp3) is 1.00. The fourth-order valence-corrected chi connectivity index (χ4v) is 5.01. The third-order valence-corrected chi connectivity index (χ3v) is 6.75. The molecule has 104 valence electrons. The van der Waals surface area contributed by atoms with Gasteiger partial charge in [-0.15, -0.1) is 0 Å². The van der Waals surface area contributed by atoms with Gasteiger partial charge in [-0.1, -0.05) is 12.8 Å². The van der Waals surface area contributed by atoms with Crippen molar-refractivity contribution in [3.8, 4) is 0 Å². The molecule has 3 aliphatic rings. The van der Waals surface area contributed by atoms with Gasteiger partial charge in [-0.25, -0.2) is 0 Å². The maximum Gasteiger partial charge on any atom is 0.0284 e. The van der Waals surface area contributed by atoms with Gasteiger partial charge in [0.25, 0.3) is 0 Å². The van der Waals surface area contributed by atoms with Gasteiger partial charge in [0.05, 0.1) is 0 Å². The van der Waals surface area contributed by atoms with Crippen molar-refractivity contribution < 1.29 is 0 Å². The molecule has 3 fully saturated rings. The number of hydrogen-bond acceptors (Lipinski definition) is 3. The number of nitrogens with zero attached hydrogens (tertiary/aromatic N) is 2. The zero-order valence-electron chi connectivity index (χ0n) is 11.9. The summed E-state index contributed by atoms with van der Waals surface area (Å²) in [6.07, 6.45) is 12.4. The highest BCUT2D eigenvalue weighted by Gasteiger charge is 2.39. The van der Waals surface area contributed by atoms with Crippen molar-refractivity contribution in [2.45, 2.75) is 55.7 Å². The lowest BCUT2D eigenvalue weighted by atomic mass is 9.83. The Hall–Kier alpha value is 0.270.